The first-order valence-electron chi connectivity index (χ1n) is 3.13. The molecule has 3 N–H and O–H groups in total. The Balaban J connectivity index is 2.86. The lowest BCUT2D eigenvalue weighted by Gasteiger charge is -2.01. The number of nitrogens with one attached hydrogen (secondary N) is 1. The van der Waals surface area contributed by atoms with Gasteiger partial charge in [0.15, 0.2) is 11.6 Å². The molecule has 1 aromatic rings. The summed E-state index contributed by atoms with van der Waals surface area (Å²) in [6, 6.07) is 3.53. The topological polar surface area (TPSA) is 38.0 Å². The minimum absolute atomic E-state index is 0.199. The second kappa shape index (κ2) is 3.30. The number of benzene rings is 1. The molecular formula is C7H8F2N2. The number of halogens is 2. The lowest BCUT2D eigenvalue weighted by atomic mass is 10.3. The summed E-state index contributed by atoms with van der Waals surface area (Å²) in [7, 11) is 0. The van der Waals surface area contributed by atoms with Crippen molar-refractivity contribution in [1.82, 2.24) is 0 Å². The summed E-state index contributed by atoms with van der Waals surface area (Å²) in [5.74, 6) is -1.73. The summed E-state index contributed by atoms with van der Waals surface area (Å²) in [5, 5.41) is 2.65. The minimum atomic E-state index is -0.872. The van der Waals surface area contributed by atoms with Gasteiger partial charge in [0.25, 0.3) is 0 Å². The van der Waals surface area contributed by atoms with Gasteiger partial charge < -0.3 is 11.1 Å². The molecule has 0 radical (unpaired) electrons. The maximum Gasteiger partial charge on any atom is 0.160 e. The second-order valence-electron chi connectivity index (χ2n) is 2.01. The van der Waals surface area contributed by atoms with Gasteiger partial charge in [-0.2, -0.15) is 0 Å². The summed E-state index contributed by atoms with van der Waals surface area (Å²) in [6.07, 6.45) is 0. The van der Waals surface area contributed by atoms with Crippen LogP contribution in [0.25, 0.3) is 0 Å². The Hall–Kier alpha value is -1.16. The molecule has 2 nitrogen and oxygen atoms in total. The van der Waals surface area contributed by atoms with Gasteiger partial charge in [-0.1, -0.05) is 0 Å². The largest absolute Gasteiger partial charge is 0.373 e. The molecule has 11 heavy (non-hydrogen) atoms. The molecule has 0 aliphatic heterocycles. The van der Waals surface area contributed by atoms with Gasteiger partial charge in [0.1, 0.15) is 0 Å². The zero-order valence-electron chi connectivity index (χ0n) is 5.77. The molecule has 0 aromatic heterocycles. The van der Waals surface area contributed by atoms with E-state index < -0.39 is 11.6 Å². The molecule has 0 aliphatic carbocycles. The van der Waals surface area contributed by atoms with E-state index >= 15 is 0 Å². The highest BCUT2D eigenvalue weighted by atomic mass is 19.2. The molecule has 0 saturated heterocycles. The van der Waals surface area contributed by atoms with E-state index in [9.17, 15) is 8.78 Å². The van der Waals surface area contributed by atoms with Crippen LogP contribution in [0.1, 0.15) is 0 Å². The summed E-state index contributed by atoms with van der Waals surface area (Å²) >= 11 is 0. The average molecular weight is 158 g/mol. The van der Waals surface area contributed by atoms with E-state index in [1.807, 2.05) is 0 Å². The Labute approximate surface area is 63.0 Å². The van der Waals surface area contributed by atoms with Crippen molar-refractivity contribution in [2.24, 2.45) is 5.73 Å². The number of nitrogens with two attached hydrogens (primary N) is 1. The fraction of sp³-hybridized carbons (Fsp3) is 0.143. The molecule has 0 saturated carbocycles. The van der Waals surface area contributed by atoms with E-state index in [1.165, 1.54) is 6.07 Å². The van der Waals surface area contributed by atoms with Crippen LogP contribution in [0.5, 0.6) is 0 Å². The van der Waals surface area contributed by atoms with E-state index in [0.717, 1.165) is 12.1 Å². The summed E-state index contributed by atoms with van der Waals surface area (Å²) < 4.78 is 24.8. The molecule has 0 fully saturated rings. The van der Waals surface area contributed by atoms with Crippen molar-refractivity contribution in [3.8, 4) is 0 Å². The molecule has 1 aromatic carbocycles. The maximum absolute atomic E-state index is 12.4. The van der Waals surface area contributed by atoms with Gasteiger partial charge >= 0.3 is 0 Å². The molecule has 0 bridgehead atoms. The SMILES string of the molecule is NCNc1ccc(F)c(F)c1. The highest BCUT2D eigenvalue weighted by Gasteiger charge is 2.00. The zero-order valence-corrected chi connectivity index (χ0v) is 5.77. The number of hydrogen-bond donors (Lipinski definition) is 2. The predicted molar refractivity (Wildman–Crippen MR) is 39.0 cm³/mol. The monoisotopic (exact) mass is 158 g/mol. The summed E-state index contributed by atoms with van der Waals surface area (Å²) in [6.45, 7) is 0.199. The number of anilines is 1. The van der Waals surface area contributed by atoms with E-state index in [2.05, 4.69) is 5.32 Å². The normalized spacial score (nSPS) is 9.73. The maximum atomic E-state index is 12.4. The predicted octanol–water partition coefficient (Wildman–Crippen LogP) is 1.29. The third-order valence-electron chi connectivity index (χ3n) is 1.23. The molecule has 0 aliphatic rings. The van der Waals surface area contributed by atoms with Gasteiger partial charge in [-0.3, -0.25) is 0 Å². The second-order valence-corrected chi connectivity index (χ2v) is 2.01. The fourth-order valence-corrected chi connectivity index (χ4v) is 0.724. The standard InChI is InChI=1S/C7H8F2N2/c8-6-2-1-5(11-4-10)3-7(6)9/h1-3,11H,4,10H2. The molecule has 1 rings (SSSR count). The minimum Gasteiger partial charge on any atom is -0.373 e. The van der Waals surface area contributed by atoms with Crippen LogP contribution in [0.15, 0.2) is 18.2 Å². The van der Waals surface area contributed by atoms with Crippen LogP contribution < -0.4 is 11.1 Å². The van der Waals surface area contributed by atoms with Gasteiger partial charge in [0.05, 0.1) is 6.67 Å². The average Bonchev–Trinajstić information content (AvgIpc) is 1.98. The Morgan fingerprint density at radius 3 is 2.55 bits per heavy atom. The zero-order chi connectivity index (χ0) is 8.27. The van der Waals surface area contributed by atoms with Crippen LogP contribution in [0.3, 0.4) is 0 Å². The highest BCUT2D eigenvalue weighted by molar-refractivity contribution is 5.43. The Kier molecular flexibility index (Phi) is 2.38. The van der Waals surface area contributed by atoms with E-state index in [4.69, 9.17) is 5.73 Å². The Morgan fingerprint density at radius 1 is 1.27 bits per heavy atom. The van der Waals surface area contributed by atoms with Crippen LogP contribution in [0, 0.1) is 11.6 Å². The summed E-state index contributed by atoms with van der Waals surface area (Å²) in [4.78, 5) is 0. The van der Waals surface area contributed by atoms with Crippen LogP contribution >= 0.6 is 0 Å². The van der Waals surface area contributed by atoms with E-state index in [0.29, 0.717) is 5.69 Å². The van der Waals surface area contributed by atoms with Crippen molar-refractivity contribution < 1.29 is 8.78 Å². The molecular weight excluding hydrogens is 150 g/mol. The molecule has 0 heterocycles. The van der Waals surface area contributed by atoms with Crippen LogP contribution in [0.4, 0.5) is 14.5 Å². The number of rotatable bonds is 2. The first kappa shape index (κ1) is 7.94. The van der Waals surface area contributed by atoms with Crippen LogP contribution in [-0.2, 0) is 0 Å². The van der Waals surface area contributed by atoms with Gasteiger partial charge in [-0.15, -0.1) is 0 Å². The first-order chi connectivity index (χ1) is 5.24. The Bertz CT molecular complexity index is 250. The van der Waals surface area contributed by atoms with E-state index in [-0.39, 0.29) is 6.67 Å². The van der Waals surface area contributed by atoms with Crippen molar-refractivity contribution in [1.29, 1.82) is 0 Å². The van der Waals surface area contributed by atoms with Crippen molar-refractivity contribution in [2.45, 2.75) is 0 Å². The Morgan fingerprint density at radius 2 is 2.00 bits per heavy atom. The smallest absolute Gasteiger partial charge is 0.160 e. The van der Waals surface area contributed by atoms with E-state index in [1.54, 1.807) is 0 Å². The highest BCUT2D eigenvalue weighted by Crippen LogP contribution is 2.11. The first-order valence-corrected chi connectivity index (χ1v) is 3.13. The molecule has 0 unspecified atom stereocenters. The lowest BCUT2D eigenvalue weighted by Crippen LogP contribution is -2.10. The van der Waals surface area contributed by atoms with Crippen molar-refractivity contribution in [3.05, 3.63) is 29.8 Å². The van der Waals surface area contributed by atoms with Gasteiger partial charge in [-0.25, -0.2) is 8.78 Å². The lowest BCUT2D eigenvalue weighted by molar-refractivity contribution is 0.509. The molecule has 60 valence electrons. The molecule has 4 heteroatoms. The van der Waals surface area contributed by atoms with Gasteiger partial charge in [-0.05, 0) is 12.1 Å². The molecule has 0 atom stereocenters. The number of hydrogen-bond acceptors (Lipinski definition) is 2. The fourth-order valence-electron chi connectivity index (χ4n) is 0.724. The van der Waals surface area contributed by atoms with Gasteiger partial charge in [0.2, 0.25) is 0 Å². The van der Waals surface area contributed by atoms with Crippen molar-refractivity contribution in [2.75, 3.05) is 12.0 Å². The van der Waals surface area contributed by atoms with Crippen LogP contribution in [0.2, 0.25) is 0 Å². The molecule has 0 spiro atoms. The molecule has 0 amide bonds. The van der Waals surface area contributed by atoms with Gasteiger partial charge in [0, 0.05) is 11.8 Å². The van der Waals surface area contributed by atoms with Crippen molar-refractivity contribution in [3.63, 3.8) is 0 Å². The van der Waals surface area contributed by atoms with Crippen LogP contribution in [-0.4, -0.2) is 6.67 Å². The van der Waals surface area contributed by atoms with Crippen molar-refractivity contribution >= 4 is 5.69 Å². The third kappa shape index (κ3) is 1.88. The quantitative estimate of drug-likeness (QED) is 0.636. The third-order valence-corrected chi connectivity index (χ3v) is 1.23. The summed E-state index contributed by atoms with van der Waals surface area (Å²) in [5.41, 5.74) is 5.60.